The van der Waals surface area contributed by atoms with E-state index in [0.717, 1.165) is 10.5 Å². The summed E-state index contributed by atoms with van der Waals surface area (Å²) in [7, 11) is -0.996. The lowest BCUT2D eigenvalue weighted by Gasteiger charge is -1.98. The number of benzene rings is 1. The van der Waals surface area contributed by atoms with E-state index in [1.54, 1.807) is 19.2 Å². The summed E-state index contributed by atoms with van der Waals surface area (Å²) in [6.07, 6.45) is 1.64. The van der Waals surface area contributed by atoms with Crippen LogP contribution in [0, 0.1) is 6.92 Å². The molecule has 0 radical (unpaired) electrons. The zero-order chi connectivity index (χ0) is 10.8. The van der Waals surface area contributed by atoms with Crippen LogP contribution in [0.1, 0.15) is 5.89 Å². The average molecular weight is 222 g/mol. The lowest BCUT2D eigenvalue weighted by atomic mass is 10.2. The van der Waals surface area contributed by atoms with Gasteiger partial charge in [0.1, 0.15) is 0 Å². The number of nitrogens with zero attached hydrogens (tertiary/aromatic N) is 2. The number of aromatic nitrogens is 2. The molecule has 2 aromatic rings. The van der Waals surface area contributed by atoms with Crippen molar-refractivity contribution >= 4 is 10.8 Å². The molecule has 1 unspecified atom stereocenters. The van der Waals surface area contributed by atoms with E-state index < -0.39 is 10.8 Å². The van der Waals surface area contributed by atoms with Gasteiger partial charge in [0.05, 0.1) is 0 Å². The second kappa shape index (κ2) is 3.94. The molecule has 4 nitrogen and oxygen atoms in total. The third kappa shape index (κ3) is 2.12. The average Bonchev–Trinajstić information content (AvgIpc) is 2.65. The number of hydrogen-bond acceptors (Lipinski definition) is 4. The summed E-state index contributed by atoms with van der Waals surface area (Å²) in [5.74, 6) is 0.979. The Bertz CT molecular complexity index is 508. The van der Waals surface area contributed by atoms with Crippen LogP contribution in [0.2, 0.25) is 0 Å². The van der Waals surface area contributed by atoms with Gasteiger partial charge in [-0.3, -0.25) is 4.21 Å². The Balaban J connectivity index is 2.45. The van der Waals surface area contributed by atoms with Crippen molar-refractivity contribution < 1.29 is 8.63 Å². The fourth-order valence-electron chi connectivity index (χ4n) is 1.22. The lowest BCUT2D eigenvalue weighted by Crippen LogP contribution is -1.87. The molecule has 0 amide bonds. The van der Waals surface area contributed by atoms with Crippen LogP contribution in [0.4, 0.5) is 0 Å². The highest BCUT2D eigenvalue weighted by molar-refractivity contribution is 7.84. The molecule has 5 heteroatoms. The van der Waals surface area contributed by atoms with E-state index in [4.69, 9.17) is 4.42 Å². The van der Waals surface area contributed by atoms with E-state index >= 15 is 0 Å². The second-order valence-electron chi connectivity index (χ2n) is 3.11. The van der Waals surface area contributed by atoms with Gasteiger partial charge < -0.3 is 4.42 Å². The van der Waals surface area contributed by atoms with E-state index in [2.05, 4.69) is 10.2 Å². The van der Waals surface area contributed by atoms with Crippen LogP contribution in [0.15, 0.2) is 33.6 Å². The normalized spacial score (nSPS) is 12.7. The van der Waals surface area contributed by atoms with E-state index in [-0.39, 0.29) is 0 Å². The second-order valence-corrected chi connectivity index (χ2v) is 4.49. The first-order valence-electron chi connectivity index (χ1n) is 4.41. The Kier molecular flexibility index (Phi) is 2.64. The molecule has 0 spiro atoms. The largest absolute Gasteiger partial charge is 0.421 e. The van der Waals surface area contributed by atoms with E-state index in [9.17, 15) is 4.21 Å². The summed E-state index contributed by atoms with van der Waals surface area (Å²) in [6, 6.07) is 7.28. The first-order valence-corrected chi connectivity index (χ1v) is 5.96. The van der Waals surface area contributed by atoms with E-state index in [1.165, 1.54) is 0 Å². The highest BCUT2D eigenvalue weighted by Crippen LogP contribution is 2.19. The van der Waals surface area contributed by atoms with Crippen molar-refractivity contribution in [3.63, 3.8) is 0 Å². The highest BCUT2D eigenvalue weighted by atomic mass is 32.2. The summed E-state index contributed by atoms with van der Waals surface area (Å²) in [5, 5.41) is 7.65. The molecule has 1 aromatic heterocycles. The molecule has 0 saturated heterocycles. The molecule has 78 valence electrons. The maximum atomic E-state index is 11.3. The summed E-state index contributed by atoms with van der Waals surface area (Å²) in [6.45, 7) is 1.73. The lowest BCUT2D eigenvalue weighted by molar-refractivity contribution is 0.532. The molecule has 0 N–H and O–H groups in total. The Morgan fingerprint density at radius 2 is 2.13 bits per heavy atom. The van der Waals surface area contributed by atoms with Crippen molar-refractivity contribution in [2.45, 2.75) is 11.8 Å². The topological polar surface area (TPSA) is 56.0 Å². The summed E-state index contributed by atoms with van der Waals surface area (Å²) < 4.78 is 16.6. The molecule has 0 aliphatic rings. The van der Waals surface area contributed by atoms with Crippen molar-refractivity contribution in [3.05, 3.63) is 30.2 Å². The Morgan fingerprint density at radius 3 is 2.73 bits per heavy atom. The van der Waals surface area contributed by atoms with Crippen LogP contribution in [0.5, 0.6) is 0 Å². The molecule has 1 atom stereocenters. The summed E-state index contributed by atoms with van der Waals surface area (Å²) >= 11 is 0. The van der Waals surface area contributed by atoms with Gasteiger partial charge in [-0.1, -0.05) is 6.07 Å². The van der Waals surface area contributed by atoms with Gasteiger partial charge in [-0.15, -0.1) is 10.2 Å². The van der Waals surface area contributed by atoms with Crippen molar-refractivity contribution in [2.24, 2.45) is 0 Å². The van der Waals surface area contributed by atoms with Crippen molar-refractivity contribution in [2.75, 3.05) is 6.26 Å². The maximum absolute atomic E-state index is 11.3. The van der Waals surface area contributed by atoms with Crippen LogP contribution in [0.3, 0.4) is 0 Å². The minimum Gasteiger partial charge on any atom is -0.421 e. The summed E-state index contributed by atoms with van der Waals surface area (Å²) in [4.78, 5) is 0.753. The number of rotatable bonds is 2. The molecule has 0 aliphatic carbocycles. The minimum absolute atomic E-state index is 0.458. The quantitative estimate of drug-likeness (QED) is 0.777. The van der Waals surface area contributed by atoms with Crippen LogP contribution in [0.25, 0.3) is 11.5 Å². The first kappa shape index (κ1) is 10.0. The molecule has 0 aliphatic heterocycles. The van der Waals surface area contributed by atoms with Gasteiger partial charge in [-0.25, -0.2) is 0 Å². The van der Waals surface area contributed by atoms with E-state index in [1.807, 2.05) is 18.2 Å². The predicted octanol–water partition coefficient (Wildman–Crippen LogP) is 1.78. The molecular formula is C10H10N2O2S. The minimum atomic E-state index is -0.996. The van der Waals surface area contributed by atoms with Crippen molar-refractivity contribution in [3.8, 4) is 11.5 Å². The SMILES string of the molecule is Cc1nnc(-c2cccc(S(C)=O)c2)o1. The van der Waals surface area contributed by atoms with Crippen molar-refractivity contribution in [1.82, 2.24) is 10.2 Å². The molecule has 2 rings (SSSR count). The Morgan fingerprint density at radius 1 is 1.33 bits per heavy atom. The molecule has 1 heterocycles. The fraction of sp³-hybridized carbons (Fsp3) is 0.200. The molecule has 0 saturated carbocycles. The first-order chi connectivity index (χ1) is 7.16. The zero-order valence-corrected chi connectivity index (χ0v) is 9.25. The van der Waals surface area contributed by atoms with Crippen LogP contribution < -0.4 is 0 Å². The number of aryl methyl sites for hydroxylation is 1. The van der Waals surface area contributed by atoms with E-state index in [0.29, 0.717) is 11.8 Å². The molecule has 0 fully saturated rings. The monoisotopic (exact) mass is 222 g/mol. The van der Waals surface area contributed by atoms with Crippen LogP contribution >= 0.6 is 0 Å². The van der Waals surface area contributed by atoms with Crippen molar-refractivity contribution in [1.29, 1.82) is 0 Å². The molecular weight excluding hydrogens is 212 g/mol. The molecule has 0 bridgehead atoms. The van der Waals surface area contributed by atoms with Gasteiger partial charge in [-0.2, -0.15) is 0 Å². The van der Waals surface area contributed by atoms with Gasteiger partial charge >= 0.3 is 0 Å². The smallest absolute Gasteiger partial charge is 0.247 e. The van der Waals surface area contributed by atoms with Crippen LogP contribution in [-0.4, -0.2) is 20.7 Å². The van der Waals surface area contributed by atoms with Crippen LogP contribution in [-0.2, 0) is 10.8 Å². The Labute approximate surface area is 89.8 Å². The van der Waals surface area contributed by atoms with Gasteiger partial charge in [0.2, 0.25) is 11.8 Å². The van der Waals surface area contributed by atoms with Gasteiger partial charge in [-0.05, 0) is 18.2 Å². The zero-order valence-electron chi connectivity index (χ0n) is 8.43. The Hall–Kier alpha value is -1.49. The third-order valence-electron chi connectivity index (χ3n) is 1.94. The predicted molar refractivity (Wildman–Crippen MR) is 56.8 cm³/mol. The number of hydrogen-bond donors (Lipinski definition) is 0. The summed E-state index contributed by atoms with van der Waals surface area (Å²) in [5.41, 5.74) is 0.795. The fourth-order valence-corrected chi connectivity index (χ4v) is 1.78. The van der Waals surface area contributed by atoms with Gasteiger partial charge in [0.25, 0.3) is 0 Å². The third-order valence-corrected chi connectivity index (χ3v) is 2.86. The molecule has 1 aromatic carbocycles. The maximum Gasteiger partial charge on any atom is 0.247 e. The van der Waals surface area contributed by atoms with Gasteiger partial charge in [0.15, 0.2) is 0 Å². The standard InChI is InChI=1S/C10H10N2O2S/c1-7-11-12-10(14-7)8-4-3-5-9(6-8)15(2)13/h3-6H,1-2H3. The van der Waals surface area contributed by atoms with Gasteiger partial charge in [0, 0.05) is 34.4 Å². The highest BCUT2D eigenvalue weighted by Gasteiger charge is 2.07. The molecule has 15 heavy (non-hydrogen) atoms.